The molecule has 2 rings (SSSR count). The molecule has 0 aliphatic heterocycles. The molecule has 9 nitrogen and oxygen atoms in total. The highest BCUT2D eigenvalue weighted by atomic mass is 35.5. The van der Waals surface area contributed by atoms with Crippen molar-refractivity contribution in [1.82, 2.24) is 0 Å². The summed E-state index contributed by atoms with van der Waals surface area (Å²) in [5.74, 6) is -0.230. The quantitative estimate of drug-likeness (QED) is 0.388. The Hall–Kier alpha value is -2.48. The van der Waals surface area contributed by atoms with Crippen LogP contribution in [0.3, 0.4) is 0 Å². The molecule has 2 aromatic rings. The summed E-state index contributed by atoms with van der Waals surface area (Å²) in [5, 5.41) is 21.3. The predicted octanol–water partition coefficient (Wildman–Crippen LogP) is 4.93. The van der Waals surface area contributed by atoms with Crippen molar-refractivity contribution < 1.29 is 23.5 Å². The van der Waals surface area contributed by atoms with Crippen LogP contribution in [0, 0.1) is 20.2 Å². The maximum atomic E-state index is 11.8. The largest absolute Gasteiger partial charge is 0.805 e. The molecule has 0 bridgehead atoms. The van der Waals surface area contributed by atoms with Gasteiger partial charge in [0.2, 0.25) is 0 Å². The molecule has 0 saturated carbocycles. The number of benzene rings is 2. The van der Waals surface area contributed by atoms with Crippen LogP contribution in [0.2, 0.25) is 10.0 Å². The van der Waals surface area contributed by atoms with Crippen LogP contribution in [0.4, 0.5) is 11.4 Å². The van der Waals surface area contributed by atoms with Crippen LogP contribution in [-0.2, 0) is 4.57 Å². The number of nitro groups is 2. The van der Waals surface area contributed by atoms with Crippen molar-refractivity contribution >= 4 is 42.8 Å². The fourth-order valence-corrected chi connectivity index (χ4v) is 2.55. The van der Waals surface area contributed by atoms with Gasteiger partial charge in [-0.25, -0.2) is 9.05 Å². The van der Waals surface area contributed by atoms with Gasteiger partial charge in [-0.1, -0.05) is 23.2 Å². The molecule has 24 heavy (non-hydrogen) atoms. The Labute approximate surface area is 145 Å². The molecular weight excluding hydrogens is 386 g/mol. The second kappa shape index (κ2) is 7.39. The molecule has 0 aliphatic carbocycles. The Morgan fingerprint density at radius 3 is 1.54 bits per heavy atom. The molecule has 0 aromatic heterocycles. The molecule has 0 radical (unpaired) electrons. The second-order valence-corrected chi connectivity index (χ2v) is 5.77. The highest BCUT2D eigenvalue weighted by Crippen LogP contribution is 2.37. The number of halogens is 2. The molecule has 0 aliphatic rings. The zero-order chi connectivity index (χ0) is 17.9. The van der Waals surface area contributed by atoms with Crippen LogP contribution in [0.25, 0.3) is 0 Å². The van der Waals surface area contributed by atoms with E-state index in [1.165, 1.54) is 24.3 Å². The van der Waals surface area contributed by atoms with Gasteiger partial charge >= 0.3 is 8.25 Å². The SMILES string of the molecule is O=[N+]([O-])c1cc(O[P+](=O)Oc2ccc(Cl)c([N+](=O)[O-])c2)ccc1Cl. The fourth-order valence-electron chi connectivity index (χ4n) is 1.57. The van der Waals surface area contributed by atoms with E-state index < -0.39 is 29.5 Å². The van der Waals surface area contributed by atoms with Gasteiger partial charge in [-0.05, 0) is 24.3 Å². The molecule has 0 N–H and O–H groups in total. The molecule has 2 aromatic carbocycles. The first-order valence-electron chi connectivity index (χ1n) is 5.99. The van der Waals surface area contributed by atoms with E-state index in [1.807, 2.05) is 0 Å². The van der Waals surface area contributed by atoms with Crippen molar-refractivity contribution in [2.75, 3.05) is 0 Å². The molecule has 0 unspecified atom stereocenters. The summed E-state index contributed by atoms with van der Waals surface area (Å²) in [6, 6.07) is 6.87. The van der Waals surface area contributed by atoms with E-state index >= 15 is 0 Å². The van der Waals surface area contributed by atoms with Crippen LogP contribution in [-0.4, -0.2) is 9.85 Å². The topological polar surface area (TPSA) is 122 Å². The molecule has 0 heterocycles. The van der Waals surface area contributed by atoms with Gasteiger partial charge in [0.15, 0.2) is 11.5 Å². The fraction of sp³-hybridized carbons (Fsp3) is 0. The predicted molar refractivity (Wildman–Crippen MR) is 85.1 cm³/mol. The van der Waals surface area contributed by atoms with E-state index in [1.54, 1.807) is 0 Å². The van der Waals surface area contributed by atoms with Crippen molar-refractivity contribution in [2.24, 2.45) is 0 Å². The summed E-state index contributed by atoms with van der Waals surface area (Å²) in [7, 11) is -2.80. The van der Waals surface area contributed by atoms with Crippen LogP contribution < -0.4 is 9.05 Å². The van der Waals surface area contributed by atoms with Gasteiger partial charge in [0.05, 0.1) is 22.0 Å². The van der Waals surface area contributed by atoms with E-state index in [2.05, 4.69) is 0 Å². The highest BCUT2D eigenvalue weighted by Gasteiger charge is 2.27. The molecular formula is C12H6Cl2N2O7P+. The molecule has 0 spiro atoms. The average Bonchev–Trinajstić information content (AvgIpc) is 2.50. The summed E-state index contributed by atoms with van der Waals surface area (Å²) in [6.07, 6.45) is 0. The molecule has 0 saturated heterocycles. The minimum Gasteiger partial charge on any atom is -0.258 e. The van der Waals surface area contributed by atoms with Gasteiger partial charge < -0.3 is 0 Å². The van der Waals surface area contributed by atoms with Gasteiger partial charge in [-0.2, -0.15) is 0 Å². The third-order valence-electron chi connectivity index (χ3n) is 2.59. The van der Waals surface area contributed by atoms with Gasteiger partial charge in [0, 0.05) is 4.57 Å². The normalized spacial score (nSPS) is 10.1. The Morgan fingerprint density at radius 2 is 1.21 bits per heavy atom. The Bertz CT molecular complexity index is 779. The Kier molecular flexibility index (Phi) is 5.50. The summed E-state index contributed by atoms with van der Waals surface area (Å²) >= 11 is 11.3. The van der Waals surface area contributed by atoms with Gasteiger partial charge in [0.25, 0.3) is 11.4 Å². The van der Waals surface area contributed by atoms with Gasteiger partial charge in [-0.3, -0.25) is 20.2 Å². The number of nitrogens with zero attached hydrogens (tertiary/aromatic N) is 2. The van der Waals surface area contributed by atoms with Crippen LogP contribution in [0.1, 0.15) is 0 Å². The summed E-state index contributed by atoms with van der Waals surface area (Å²) < 4.78 is 21.6. The van der Waals surface area contributed by atoms with E-state index in [0.29, 0.717) is 0 Å². The lowest BCUT2D eigenvalue weighted by molar-refractivity contribution is -0.384. The number of rotatable bonds is 6. The summed E-state index contributed by atoms with van der Waals surface area (Å²) in [4.78, 5) is 20.1. The van der Waals surface area contributed by atoms with Crippen molar-refractivity contribution in [2.45, 2.75) is 0 Å². The molecule has 0 fully saturated rings. The zero-order valence-electron chi connectivity index (χ0n) is 11.4. The summed E-state index contributed by atoms with van der Waals surface area (Å²) in [6.45, 7) is 0. The molecule has 0 atom stereocenters. The van der Waals surface area contributed by atoms with Gasteiger partial charge in [0.1, 0.15) is 10.0 Å². The third kappa shape index (κ3) is 4.29. The molecule has 124 valence electrons. The van der Waals surface area contributed by atoms with Crippen molar-refractivity contribution in [1.29, 1.82) is 0 Å². The first-order chi connectivity index (χ1) is 11.3. The van der Waals surface area contributed by atoms with E-state index in [0.717, 1.165) is 12.1 Å². The highest BCUT2D eigenvalue weighted by molar-refractivity contribution is 7.34. The summed E-state index contributed by atoms with van der Waals surface area (Å²) in [5.41, 5.74) is -0.862. The van der Waals surface area contributed by atoms with Crippen molar-refractivity contribution in [3.8, 4) is 11.5 Å². The Morgan fingerprint density at radius 1 is 0.833 bits per heavy atom. The lowest BCUT2D eigenvalue weighted by Gasteiger charge is -1.98. The number of hydrogen-bond acceptors (Lipinski definition) is 7. The average molecular weight is 392 g/mol. The zero-order valence-corrected chi connectivity index (χ0v) is 13.8. The molecule has 12 heteroatoms. The molecule has 0 amide bonds. The minimum absolute atomic E-state index is 0.114. The van der Waals surface area contributed by atoms with Crippen LogP contribution in [0.5, 0.6) is 11.5 Å². The van der Waals surface area contributed by atoms with Crippen LogP contribution >= 0.6 is 31.5 Å². The number of hydrogen-bond donors (Lipinski definition) is 0. The van der Waals surface area contributed by atoms with Crippen molar-refractivity contribution in [3.05, 3.63) is 66.7 Å². The monoisotopic (exact) mass is 391 g/mol. The van der Waals surface area contributed by atoms with Gasteiger partial charge in [-0.15, -0.1) is 0 Å². The minimum atomic E-state index is -2.80. The first-order valence-corrected chi connectivity index (χ1v) is 7.84. The standard InChI is InChI=1S/C12H6Cl2N2O7P/c13-9-3-1-7(5-11(9)15(17)18)22-24(21)23-8-2-4-10(14)12(6-8)16(19)20/h1-6H/q+1. The van der Waals surface area contributed by atoms with Crippen molar-refractivity contribution in [3.63, 3.8) is 0 Å². The lowest BCUT2D eigenvalue weighted by atomic mass is 10.3. The maximum absolute atomic E-state index is 11.8. The third-order valence-corrected chi connectivity index (χ3v) is 3.95. The van der Waals surface area contributed by atoms with E-state index in [4.69, 9.17) is 32.2 Å². The Balaban J connectivity index is 2.14. The lowest BCUT2D eigenvalue weighted by Crippen LogP contribution is -1.94. The smallest absolute Gasteiger partial charge is 0.258 e. The van der Waals surface area contributed by atoms with Crippen LogP contribution in [0.15, 0.2) is 36.4 Å². The maximum Gasteiger partial charge on any atom is 0.805 e. The van der Waals surface area contributed by atoms with E-state index in [-0.39, 0.29) is 21.5 Å². The second-order valence-electron chi connectivity index (χ2n) is 4.15. The van der Waals surface area contributed by atoms with E-state index in [9.17, 15) is 24.8 Å². The first kappa shape index (κ1) is 17.9. The number of nitro benzene ring substituents is 2.